The first-order valence-electron chi connectivity index (χ1n) is 8.73. The summed E-state index contributed by atoms with van der Waals surface area (Å²) in [4.78, 5) is 12.0. The highest BCUT2D eigenvalue weighted by Crippen LogP contribution is 2.18. The van der Waals surface area contributed by atoms with Crippen LogP contribution in [0.5, 0.6) is 0 Å². The van der Waals surface area contributed by atoms with Crippen molar-refractivity contribution >= 4 is 22.1 Å². The molecule has 3 rings (SSSR count). The topological polar surface area (TPSA) is 72.9 Å². The lowest BCUT2D eigenvalue weighted by molar-refractivity contribution is -0.138. The van der Waals surface area contributed by atoms with Crippen LogP contribution >= 0.6 is 0 Å². The zero-order valence-electron chi connectivity index (χ0n) is 15.1. The van der Waals surface area contributed by atoms with Gasteiger partial charge < -0.3 is 9.47 Å². The lowest BCUT2D eigenvalue weighted by atomic mass is 10.2. The van der Waals surface area contributed by atoms with E-state index in [-0.39, 0.29) is 11.5 Å². The highest BCUT2D eigenvalue weighted by Gasteiger charge is 2.25. The molecule has 148 valence electrons. The molecule has 8 heteroatoms. The molecular weight excluding hydrogens is 385 g/mol. The third-order valence-electron chi connectivity index (χ3n) is 4.23. The van der Waals surface area contributed by atoms with Crippen LogP contribution in [0.3, 0.4) is 0 Å². The van der Waals surface area contributed by atoms with Gasteiger partial charge in [0, 0.05) is 24.7 Å². The van der Waals surface area contributed by atoms with Crippen LogP contribution in [0.25, 0.3) is 6.08 Å². The molecule has 1 aliphatic rings. The van der Waals surface area contributed by atoms with Gasteiger partial charge in [0.1, 0.15) is 12.4 Å². The van der Waals surface area contributed by atoms with E-state index in [1.807, 2.05) is 0 Å². The number of rotatable bonds is 6. The van der Waals surface area contributed by atoms with Crippen LogP contribution in [0.4, 0.5) is 4.39 Å². The number of nitrogens with zero attached hydrogens (tertiary/aromatic N) is 1. The van der Waals surface area contributed by atoms with Gasteiger partial charge in [-0.2, -0.15) is 4.31 Å². The average Bonchev–Trinajstić information content (AvgIpc) is 2.72. The Morgan fingerprint density at radius 3 is 2.46 bits per heavy atom. The maximum Gasteiger partial charge on any atom is 0.331 e. The molecule has 28 heavy (non-hydrogen) atoms. The van der Waals surface area contributed by atoms with Gasteiger partial charge in [-0.1, -0.05) is 30.3 Å². The van der Waals surface area contributed by atoms with Gasteiger partial charge in [0.15, 0.2) is 0 Å². The molecule has 0 aromatic heterocycles. The van der Waals surface area contributed by atoms with Crippen molar-refractivity contribution in [2.45, 2.75) is 11.5 Å². The summed E-state index contributed by atoms with van der Waals surface area (Å²) in [6, 6.07) is 12.3. The van der Waals surface area contributed by atoms with E-state index in [1.165, 1.54) is 34.7 Å². The predicted octanol–water partition coefficient (Wildman–Crippen LogP) is 2.60. The van der Waals surface area contributed by atoms with Crippen LogP contribution in [0, 0.1) is 5.82 Å². The smallest absolute Gasteiger partial charge is 0.331 e. The molecular formula is C20H20FNO5S. The quantitative estimate of drug-likeness (QED) is 0.546. The van der Waals surface area contributed by atoms with Crippen LogP contribution in [-0.2, 0) is 30.9 Å². The normalized spacial score (nSPS) is 15.6. The van der Waals surface area contributed by atoms with Crippen molar-refractivity contribution in [1.29, 1.82) is 0 Å². The third-order valence-corrected chi connectivity index (χ3v) is 6.14. The number of esters is 1. The summed E-state index contributed by atoms with van der Waals surface area (Å²) in [5.41, 5.74) is 0.936. The van der Waals surface area contributed by atoms with E-state index in [2.05, 4.69) is 0 Å². The average molecular weight is 405 g/mol. The standard InChI is InChI=1S/C20H20FNO5S/c21-19-4-2-1-3-17(19)15-27-20(23)10-7-16-5-8-18(9-6-16)28(24,25)22-11-13-26-14-12-22/h1-10H,11-15H2/b10-7+. The zero-order chi connectivity index (χ0) is 20.0. The van der Waals surface area contributed by atoms with Crippen LogP contribution in [0.2, 0.25) is 0 Å². The predicted molar refractivity (Wildman–Crippen MR) is 101 cm³/mol. The number of morpholine rings is 1. The molecule has 1 aliphatic heterocycles. The molecule has 0 atom stereocenters. The van der Waals surface area contributed by atoms with Crippen LogP contribution in [0.1, 0.15) is 11.1 Å². The summed E-state index contributed by atoms with van der Waals surface area (Å²) in [7, 11) is -3.55. The first-order chi connectivity index (χ1) is 13.5. The fourth-order valence-corrected chi connectivity index (χ4v) is 4.07. The third kappa shape index (κ3) is 5.03. The number of ether oxygens (including phenoxy) is 2. The lowest BCUT2D eigenvalue weighted by Gasteiger charge is -2.26. The van der Waals surface area contributed by atoms with E-state index in [4.69, 9.17) is 9.47 Å². The fourth-order valence-electron chi connectivity index (χ4n) is 2.66. The number of hydrogen-bond donors (Lipinski definition) is 0. The van der Waals surface area contributed by atoms with E-state index < -0.39 is 21.8 Å². The van der Waals surface area contributed by atoms with Gasteiger partial charge in [-0.25, -0.2) is 17.6 Å². The minimum Gasteiger partial charge on any atom is -0.458 e. The van der Waals surface area contributed by atoms with Gasteiger partial charge in [0.25, 0.3) is 0 Å². The number of sulfonamides is 1. The van der Waals surface area contributed by atoms with E-state index in [0.717, 1.165) is 0 Å². The Kier molecular flexibility index (Phi) is 6.56. The summed E-state index contributed by atoms with van der Waals surface area (Å²) in [6.45, 7) is 1.27. The molecule has 0 bridgehead atoms. The van der Waals surface area contributed by atoms with Crippen LogP contribution in [0.15, 0.2) is 59.5 Å². The summed E-state index contributed by atoms with van der Waals surface area (Å²) >= 11 is 0. The molecule has 6 nitrogen and oxygen atoms in total. The number of carbonyl (C=O) groups is 1. The maximum atomic E-state index is 13.5. The van der Waals surface area contributed by atoms with Gasteiger partial charge in [-0.15, -0.1) is 0 Å². The minimum atomic E-state index is -3.55. The first kappa shape index (κ1) is 20.2. The molecule has 0 aliphatic carbocycles. The highest BCUT2D eigenvalue weighted by molar-refractivity contribution is 7.89. The van der Waals surface area contributed by atoms with Crippen molar-refractivity contribution in [2.24, 2.45) is 0 Å². The molecule has 1 heterocycles. The van der Waals surface area contributed by atoms with Crippen molar-refractivity contribution in [3.05, 3.63) is 71.6 Å². The summed E-state index contributed by atoms with van der Waals surface area (Å²) < 4.78 is 50.2. The molecule has 0 N–H and O–H groups in total. The molecule has 0 amide bonds. The van der Waals surface area contributed by atoms with Gasteiger partial charge in [-0.3, -0.25) is 0 Å². The maximum absolute atomic E-state index is 13.5. The summed E-state index contributed by atoms with van der Waals surface area (Å²) in [5.74, 6) is -1.05. The number of hydrogen-bond acceptors (Lipinski definition) is 5. The number of halogens is 1. The molecule has 2 aromatic carbocycles. The largest absolute Gasteiger partial charge is 0.458 e. The lowest BCUT2D eigenvalue weighted by Crippen LogP contribution is -2.40. The van der Waals surface area contributed by atoms with Crippen molar-refractivity contribution in [3.63, 3.8) is 0 Å². The molecule has 1 fully saturated rings. The van der Waals surface area contributed by atoms with Gasteiger partial charge in [-0.05, 0) is 29.8 Å². The number of carbonyl (C=O) groups excluding carboxylic acids is 1. The highest BCUT2D eigenvalue weighted by atomic mass is 32.2. The second-order valence-corrected chi connectivity index (χ2v) is 8.06. The van der Waals surface area contributed by atoms with Crippen LogP contribution in [-0.4, -0.2) is 45.0 Å². The molecule has 0 spiro atoms. The second kappa shape index (κ2) is 9.09. The second-order valence-electron chi connectivity index (χ2n) is 6.12. The Labute approximate surface area is 163 Å². The van der Waals surface area contributed by atoms with E-state index >= 15 is 0 Å². The Balaban J connectivity index is 1.59. The van der Waals surface area contributed by atoms with Gasteiger partial charge in [0.2, 0.25) is 10.0 Å². The van der Waals surface area contributed by atoms with E-state index in [0.29, 0.717) is 37.4 Å². The van der Waals surface area contributed by atoms with Crippen LogP contribution < -0.4 is 0 Å². The Morgan fingerprint density at radius 2 is 1.79 bits per heavy atom. The Hall–Kier alpha value is -2.55. The summed E-state index contributed by atoms with van der Waals surface area (Å²) in [5, 5.41) is 0. The van der Waals surface area contributed by atoms with E-state index in [1.54, 1.807) is 30.3 Å². The Morgan fingerprint density at radius 1 is 1.11 bits per heavy atom. The SMILES string of the molecule is O=C(/C=C/c1ccc(S(=O)(=O)N2CCOCC2)cc1)OCc1ccccc1F. The number of benzene rings is 2. The molecule has 2 aromatic rings. The minimum absolute atomic E-state index is 0.160. The van der Waals surface area contributed by atoms with Gasteiger partial charge >= 0.3 is 5.97 Å². The monoisotopic (exact) mass is 405 g/mol. The summed E-state index contributed by atoms with van der Waals surface area (Å²) in [6.07, 6.45) is 2.72. The van der Waals surface area contributed by atoms with E-state index in [9.17, 15) is 17.6 Å². The first-order valence-corrected chi connectivity index (χ1v) is 10.2. The molecule has 0 radical (unpaired) electrons. The van der Waals surface area contributed by atoms with Crippen molar-refractivity contribution in [1.82, 2.24) is 4.31 Å². The van der Waals surface area contributed by atoms with Crippen molar-refractivity contribution in [3.8, 4) is 0 Å². The Bertz CT molecular complexity index is 951. The zero-order valence-corrected chi connectivity index (χ0v) is 15.9. The van der Waals surface area contributed by atoms with Crippen molar-refractivity contribution in [2.75, 3.05) is 26.3 Å². The van der Waals surface area contributed by atoms with Gasteiger partial charge in [0.05, 0.1) is 18.1 Å². The molecule has 0 saturated carbocycles. The molecule has 1 saturated heterocycles. The fraction of sp³-hybridized carbons (Fsp3) is 0.250. The molecule has 0 unspecified atom stereocenters. The van der Waals surface area contributed by atoms with Crippen molar-refractivity contribution < 1.29 is 27.1 Å².